The van der Waals surface area contributed by atoms with Crippen molar-refractivity contribution in [1.82, 2.24) is 14.9 Å². The summed E-state index contributed by atoms with van der Waals surface area (Å²) < 4.78 is 0. The third-order valence-electron chi connectivity index (χ3n) is 3.23. The lowest BCUT2D eigenvalue weighted by atomic mass is 10.2. The predicted octanol–water partition coefficient (Wildman–Crippen LogP) is 2.69. The Bertz CT molecular complexity index is 623. The average Bonchev–Trinajstić information content (AvgIpc) is 2.59. The number of aromatic nitrogens is 2. The Morgan fingerprint density at radius 2 is 1.91 bits per heavy atom. The summed E-state index contributed by atoms with van der Waals surface area (Å²) in [4.78, 5) is 22.3. The van der Waals surface area contributed by atoms with E-state index in [1.807, 2.05) is 49.4 Å². The number of amides is 1. The van der Waals surface area contributed by atoms with E-state index in [4.69, 9.17) is 0 Å². The molecule has 2 rings (SSSR count). The van der Waals surface area contributed by atoms with Gasteiger partial charge in [0.25, 0.3) is 5.91 Å². The lowest BCUT2D eigenvalue weighted by Gasteiger charge is -2.18. The van der Waals surface area contributed by atoms with Gasteiger partial charge in [-0.3, -0.25) is 4.79 Å². The first-order valence-electron chi connectivity index (χ1n) is 7.25. The van der Waals surface area contributed by atoms with Crippen LogP contribution in [0.2, 0.25) is 0 Å². The third kappa shape index (κ3) is 4.15. The first-order valence-corrected chi connectivity index (χ1v) is 7.25. The standard InChI is InChI=1S/C17H20N4O/c1-3-21(11-7-10-14-8-5-4-6-9-14)16(22)15-12-19-17(18-2)20-13-15/h4-10,12-13H,3,11H2,1-2H3,(H,18,19,20)/b10-7+. The molecule has 0 radical (unpaired) electrons. The van der Waals surface area contributed by atoms with E-state index in [9.17, 15) is 4.79 Å². The molecule has 0 spiro atoms. The summed E-state index contributed by atoms with van der Waals surface area (Å²) in [6.45, 7) is 3.14. The Labute approximate surface area is 130 Å². The topological polar surface area (TPSA) is 58.1 Å². The number of rotatable bonds is 6. The third-order valence-corrected chi connectivity index (χ3v) is 3.23. The van der Waals surface area contributed by atoms with Gasteiger partial charge in [-0.2, -0.15) is 0 Å². The minimum absolute atomic E-state index is 0.0668. The second kappa shape index (κ2) is 7.93. The van der Waals surface area contributed by atoms with Crippen LogP contribution in [0, 0.1) is 0 Å². The molecule has 0 aliphatic carbocycles. The largest absolute Gasteiger partial charge is 0.357 e. The monoisotopic (exact) mass is 296 g/mol. The van der Waals surface area contributed by atoms with Gasteiger partial charge in [0.1, 0.15) is 0 Å². The lowest BCUT2D eigenvalue weighted by molar-refractivity contribution is 0.0781. The molecule has 1 aromatic heterocycles. The van der Waals surface area contributed by atoms with Gasteiger partial charge in [0.05, 0.1) is 5.56 Å². The molecule has 1 heterocycles. The number of anilines is 1. The molecule has 1 aromatic carbocycles. The maximum absolute atomic E-state index is 12.4. The van der Waals surface area contributed by atoms with Crippen LogP contribution >= 0.6 is 0 Å². The van der Waals surface area contributed by atoms with Crippen molar-refractivity contribution in [3.63, 3.8) is 0 Å². The molecule has 1 amide bonds. The molecular weight excluding hydrogens is 276 g/mol. The van der Waals surface area contributed by atoms with Crippen molar-refractivity contribution in [2.24, 2.45) is 0 Å². The van der Waals surface area contributed by atoms with E-state index in [2.05, 4.69) is 15.3 Å². The van der Waals surface area contributed by atoms with Gasteiger partial charge < -0.3 is 10.2 Å². The summed E-state index contributed by atoms with van der Waals surface area (Å²) in [5, 5.41) is 2.83. The van der Waals surface area contributed by atoms with Crippen molar-refractivity contribution in [1.29, 1.82) is 0 Å². The van der Waals surface area contributed by atoms with Crippen molar-refractivity contribution in [2.45, 2.75) is 6.92 Å². The van der Waals surface area contributed by atoms with Gasteiger partial charge in [-0.15, -0.1) is 0 Å². The fourth-order valence-corrected chi connectivity index (χ4v) is 1.99. The highest BCUT2D eigenvalue weighted by atomic mass is 16.2. The Morgan fingerprint density at radius 1 is 1.23 bits per heavy atom. The zero-order valence-electron chi connectivity index (χ0n) is 12.9. The van der Waals surface area contributed by atoms with E-state index in [1.54, 1.807) is 24.3 Å². The molecule has 22 heavy (non-hydrogen) atoms. The minimum atomic E-state index is -0.0668. The fourth-order valence-electron chi connectivity index (χ4n) is 1.99. The predicted molar refractivity (Wildman–Crippen MR) is 88.6 cm³/mol. The van der Waals surface area contributed by atoms with E-state index < -0.39 is 0 Å². The summed E-state index contributed by atoms with van der Waals surface area (Å²) in [6, 6.07) is 10.0. The summed E-state index contributed by atoms with van der Waals surface area (Å²) in [5.41, 5.74) is 1.61. The highest BCUT2D eigenvalue weighted by Crippen LogP contribution is 2.06. The molecule has 0 bridgehead atoms. The Morgan fingerprint density at radius 3 is 2.50 bits per heavy atom. The van der Waals surface area contributed by atoms with Gasteiger partial charge in [-0.05, 0) is 12.5 Å². The van der Waals surface area contributed by atoms with Gasteiger partial charge in [-0.25, -0.2) is 9.97 Å². The SMILES string of the molecule is CCN(C/C=C/c1ccccc1)C(=O)c1cnc(NC)nc1. The molecular formula is C17H20N4O. The first-order chi connectivity index (χ1) is 10.7. The Balaban J connectivity index is 2.00. The molecule has 114 valence electrons. The number of nitrogens with one attached hydrogen (secondary N) is 1. The molecule has 0 fully saturated rings. The molecule has 1 N–H and O–H groups in total. The molecule has 0 aliphatic rings. The van der Waals surface area contributed by atoms with Crippen LogP contribution in [0.1, 0.15) is 22.8 Å². The number of hydrogen-bond acceptors (Lipinski definition) is 4. The fraction of sp³-hybridized carbons (Fsp3) is 0.235. The maximum atomic E-state index is 12.4. The summed E-state index contributed by atoms with van der Waals surface area (Å²) >= 11 is 0. The number of hydrogen-bond donors (Lipinski definition) is 1. The van der Waals surface area contributed by atoms with E-state index in [-0.39, 0.29) is 5.91 Å². The second-order valence-electron chi connectivity index (χ2n) is 4.70. The molecule has 5 nitrogen and oxygen atoms in total. The highest BCUT2D eigenvalue weighted by Gasteiger charge is 2.13. The maximum Gasteiger partial charge on any atom is 0.257 e. The molecule has 0 saturated heterocycles. The molecule has 2 aromatic rings. The second-order valence-corrected chi connectivity index (χ2v) is 4.70. The van der Waals surface area contributed by atoms with Crippen LogP contribution in [-0.4, -0.2) is 40.9 Å². The zero-order valence-corrected chi connectivity index (χ0v) is 12.9. The van der Waals surface area contributed by atoms with Gasteiger partial charge in [-0.1, -0.05) is 42.5 Å². The first kappa shape index (κ1) is 15.7. The Kier molecular flexibility index (Phi) is 5.65. The van der Waals surface area contributed by atoms with Gasteiger partial charge in [0.2, 0.25) is 5.95 Å². The van der Waals surface area contributed by atoms with Crippen LogP contribution in [0.5, 0.6) is 0 Å². The zero-order chi connectivity index (χ0) is 15.8. The number of likely N-dealkylation sites (N-methyl/N-ethyl adjacent to an activating group) is 1. The van der Waals surface area contributed by atoms with Crippen LogP contribution < -0.4 is 5.32 Å². The van der Waals surface area contributed by atoms with E-state index >= 15 is 0 Å². The summed E-state index contributed by atoms with van der Waals surface area (Å²) in [6.07, 6.45) is 7.09. The molecule has 0 aliphatic heterocycles. The van der Waals surface area contributed by atoms with Crippen molar-refractivity contribution in [3.8, 4) is 0 Å². The highest BCUT2D eigenvalue weighted by molar-refractivity contribution is 5.93. The van der Waals surface area contributed by atoms with E-state index in [0.717, 1.165) is 5.56 Å². The normalized spacial score (nSPS) is 10.6. The van der Waals surface area contributed by atoms with E-state index in [0.29, 0.717) is 24.6 Å². The van der Waals surface area contributed by atoms with Crippen molar-refractivity contribution < 1.29 is 4.79 Å². The quantitative estimate of drug-likeness (QED) is 0.890. The number of carbonyl (C=O) groups is 1. The van der Waals surface area contributed by atoms with Crippen LogP contribution in [-0.2, 0) is 0 Å². The Hall–Kier alpha value is -2.69. The van der Waals surface area contributed by atoms with Crippen molar-refractivity contribution in [3.05, 3.63) is 59.9 Å². The van der Waals surface area contributed by atoms with Crippen LogP contribution in [0.25, 0.3) is 6.08 Å². The molecule has 0 saturated carbocycles. The molecule has 0 unspecified atom stereocenters. The number of carbonyl (C=O) groups excluding carboxylic acids is 1. The van der Waals surface area contributed by atoms with Crippen LogP contribution in [0.3, 0.4) is 0 Å². The van der Waals surface area contributed by atoms with E-state index in [1.165, 1.54) is 0 Å². The van der Waals surface area contributed by atoms with Crippen molar-refractivity contribution >= 4 is 17.9 Å². The lowest BCUT2D eigenvalue weighted by Crippen LogP contribution is -2.31. The van der Waals surface area contributed by atoms with Crippen LogP contribution in [0.15, 0.2) is 48.8 Å². The smallest absolute Gasteiger partial charge is 0.257 e. The summed E-state index contributed by atoms with van der Waals surface area (Å²) in [7, 11) is 1.74. The molecule has 5 heteroatoms. The number of benzene rings is 1. The molecule has 0 atom stereocenters. The summed E-state index contributed by atoms with van der Waals surface area (Å²) in [5.74, 6) is 0.437. The minimum Gasteiger partial charge on any atom is -0.357 e. The van der Waals surface area contributed by atoms with Gasteiger partial charge in [0.15, 0.2) is 0 Å². The van der Waals surface area contributed by atoms with Crippen LogP contribution in [0.4, 0.5) is 5.95 Å². The van der Waals surface area contributed by atoms with Gasteiger partial charge >= 0.3 is 0 Å². The number of nitrogens with zero attached hydrogens (tertiary/aromatic N) is 3. The average molecular weight is 296 g/mol. The van der Waals surface area contributed by atoms with Crippen molar-refractivity contribution in [2.75, 3.05) is 25.5 Å². The van der Waals surface area contributed by atoms with Gasteiger partial charge in [0, 0.05) is 32.5 Å².